The molecule has 4 aromatic rings. The van der Waals surface area contributed by atoms with Gasteiger partial charge in [-0.05, 0) is 47.8 Å². The van der Waals surface area contributed by atoms with Gasteiger partial charge in [0.25, 0.3) is 5.91 Å². The van der Waals surface area contributed by atoms with Crippen molar-refractivity contribution >= 4 is 28.2 Å². The van der Waals surface area contributed by atoms with Crippen LogP contribution in [0, 0.1) is 5.82 Å². The van der Waals surface area contributed by atoms with Crippen LogP contribution >= 0.6 is 11.3 Å². The van der Waals surface area contributed by atoms with Crippen molar-refractivity contribution in [3.63, 3.8) is 0 Å². The van der Waals surface area contributed by atoms with Crippen LogP contribution in [0.25, 0.3) is 11.0 Å². The average molecular weight is 425 g/mol. The number of nitrogens with one attached hydrogen (secondary N) is 1. The number of hydrogen-bond acceptors (Lipinski definition) is 6. The second kappa shape index (κ2) is 8.79. The molecular weight excluding hydrogens is 409 g/mol. The zero-order chi connectivity index (χ0) is 20.9. The Balaban J connectivity index is 1.42. The molecule has 0 atom stereocenters. The number of rotatable bonds is 7. The summed E-state index contributed by atoms with van der Waals surface area (Å²) in [5, 5.41) is 5.01. The van der Waals surface area contributed by atoms with Gasteiger partial charge in [0, 0.05) is 10.9 Å². The topological polar surface area (TPSA) is 77.8 Å². The fourth-order valence-electron chi connectivity index (χ4n) is 2.68. The molecule has 2 heterocycles. The standard InChI is InChI=1S/C22H16FNO5S/c23-14-3-5-15(6-4-14)29-20-12-28-19-10-16(7-8-18(19)22(20)26)27-13-21(25)24-11-17-2-1-9-30-17/h1-10,12H,11,13H2,(H,24,25). The second-order valence-electron chi connectivity index (χ2n) is 6.29. The summed E-state index contributed by atoms with van der Waals surface area (Å²) in [6.07, 6.45) is 1.19. The van der Waals surface area contributed by atoms with Crippen molar-refractivity contribution in [1.29, 1.82) is 0 Å². The molecule has 2 aromatic carbocycles. The van der Waals surface area contributed by atoms with Gasteiger partial charge in [0.15, 0.2) is 6.61 Å². The molecule has 8 heteroatoms. The molecule has 0 spiro atoms. The van der Waals surface area contributed by atoms with Crippen LogP contribution in [0.2, 0.25) is 0 Å². The Labute approximate surface area is 174 Å². The largest absolute Gasteiger partial charge is 0.484 e. The number of benzene rings is 2. The van der Waals surface area contributed by atoms with Crippen LogP contribution in [0.1, 0.15) is 4.88 Å². The normalized spacial score (nSPS) is 10.7. The van der Waals surface area contributed by atoms with Crippen molar-refractivity contribution in [2.75, 3.05) is 6.61 Å². The Morgan fingerprint density at radius 1 is 1.10 bits per heavy atom. The van der Waals surface area contributed by atoms with Gasteiger partial charge in [-0.15, -0.1) is 11.3 Å². The molecule has 0 radical (unpaired) electrons. The molecule has 1 N–H and O–H groups in total. The van der Waals surface area contributed by atoms with E-state index in [1.807, 2.05) is 17.5 Å². The van der Waals surface area contributed by atoms with E-state index in [0.717, 1.165) is 4.88 Å². The van der Waals surface area contributed by atoms with Gasteiger partial charge in [-0.2, -0.15) is 0 Å². The third-order valence-electron chi connectivity index (χ3n) is 4.17. The first-order valence-electron chi connectivity index (χ1n) is 8.99. The number of carbonyl (C=O) groups is 1. The molecule has 6 nitrogen and oxygen atoms in total. The number of fused-ring (bicyclic) bond motifs is 1. The summed E-state index contributed by atoms with van der Waals surface area (Å²) in [7, 11) is 0. The van der Waals surface area contributed by atoms with Gasteiger partial charge >= 0.3 is 0 Å². The van der Waals surface area contributed by atoms with Crippen molar-refractivity contribution < 1.29 is 23.1 Å². The van der Waals surface area contributed by atoms with E-state index in [4.69, 9.17) is 13.9 Å². The molecular formula is C22H16FNO5S. The molecule has 152 valence electrons. The summed E-state index contributed by atoms with van der Waals surface area (Å²) in [5.41, 5.74) is -0.0798. The van der Waals surface area contributed by atoms with Crippen LogP contribution in [0.5, 0.6) is 17.2 Å². The summed E-state index contributed by atoms with van der Waals surface area (Å²) >= 11 is 1.56. The van der Waals surface area contributed by atoms with E-state index >= 15 is 0 Å². The van der Waals surface area contributed by atoms with E-state index in [2.05, 4.69) is 5.32 Å². The fourth-order valence-corrected chi connectivity index (χ4v) is 3.32. The lowest BCUT2D eigenvalue weighted by Gasteiger charge is -2.08. The first-order chi connectivity index (χ1) is 14.6. The zero-order valence-electron chi connectivity index (χ0n) is 15.6. The van der Waals surface area contributed by atoms with Crippen LogP contribution in [-0.4, -0.2) is 12.5 Å². The molecule has 0 saturated heterocycles. The molecule has 0 aliphatic heterocycles. The molecule has 0 aliphatic rings. The number of carbonyl (C=O) groups excluding carboxylic acids is 1. The third-order valence-corrected chi connectivity index (χ3v) is 5.04. The van der Waals surface area contributed by atoms with Crippen LogP contribution in [0.15, 0.2) is 75.5 Å². The Bertz CT molecular complexity index is 1220. The van der Waals surface area contributed by atoms with Crippen LogP contribution < -0.4 is 20.2 Å². The summed E-state index contributed by atoms with van der Waals surface area (Å²) in [6, 6.07) is 13.8. The van der Waals surface area contributed by atoms with Gasteiger partial charge in [0.2, 0.25) is 11.2 Å². The van der Waals surface area contributed by atoms with E-state index in [1.54, 1.807) is 17.4 Å². The molecule has 0 unspecified atom stereocenters. The quantitative estimate of drug-likeness (QED) is 0.472. The van der Waals surface area contributed by atoms with Gasteiger partial charge in [0.05, 0.1) is 11.9 Å². The molecule has 1 amide bonds. The van der Waals surface area contributed by atoms with Gasteiger partial charge < -0.3 is 19.2 Å². The Kier molecular flexibility index (Phi) is 5.76. The van der Waals surface area contributed by atoms with Gasteiger partial charge in [-0.1, -0.05) is 6.07 Å². The van der Waals surface area contributed by atoms with Gasteiger partial charge in [-0.25, -0.2) is 4.39 Å². The van der Waals surface area contributed by atoms with Crippen molar-refractivity contribution in [3.8, 4) is 17.2 Å². The van der Waals surface area contributed by atoms with Crippen molar-refractivity contribution in [3.05, 3.63) is 87.2 Å². The first kappa shape index (κ1) is 19.7. The third kappa shape index (κ3) is 4.66. The minimum atomic E-state index is -0.402. The maximum absolute atomic E-state index is 13.0. The summed E-state index contributed by atoms with van der Waals surface area (Å²) in [5.74, 6) is 0.0324. The number of hydrogen-bond donors (Lipinski definition) is 1. The highest BCUT2D eigenvalue weighted by Gasteiger charge is 2.11. The first-order valence-corrected chi connectivity index (χ1v) is 9.87. The second-order valence-corrected chi connectivity index (χ2v) is 7.32. The summed E-state index contributed by atoms with van der Waals surface area (Å²) < 4.78 is 29.5. The molecule has 30 heavy (non-hydrogen) atoms. The Morgan fingerprint density at radius 3 is 2.67 bits per heavy atom. The molecule has 2 aromatic heterocycles. The summed E-state index contributed by atoms with van der Waals surface area (Å²) in [6.45, 7) is 0.288. The number of amides is 1. The number of halogens is 1. The lowest BCUT2D eigenvalue weighted by molar-refractivity contribution is -0.123. The van der Waals surface area contributed by atoms with Gasteiger partial charge in [-0.3, -0.25) is 9.59 Å². The average Bonchev–Trinajstić information content (AvgIpc) is 3.28. The smallest absolute Gasteiger partial charge is 0.258 e. The fraction of sp³-hybridized carbons (Fsp3) is 0.0909. The highest BCUT2D eigenvalue weighted by Crippen LogP contribution is 2.24. The Morgan fingerprint density at radius 2 is 1.90 bits per heavy atom. The van der Waals surface area contributed by atoms with Crippen LogP contribution in [-0.2, 0) is 11.3 Å². The zero-order valence-corrected chi connectivity index (χ0v) is 16.4. The van der Waals surface area contributed by atoms with Gasteiger partial charge in [0.1, 0.15) is 29.2 Å². The predicted octanol–water partition coefficient (Wildman–Crippen LogP) is 4.48. The van der Waals surface area contributed by atoms with E-state index in [-0.39, 0.29) is 23.7 Å². The molecule has 0 aliphatic carbocycles. The molecule has 0 saturated carbocycles. The monoisotopic (exact) mass is 425 g/mol. The van der Waals surface area contributed by atoms with E-state index < -0.39 is 5.82 Å². The maximum atomic E-state index is 13.0. The molecule has 0 fully saturated rings. The SMILES string of the molecule is O=C(COc1ccc2c(=O)c(Oc3ccc(F)cc3)coc2c1)NCc1cccs1. The maximum Gasteiger partial charge on any atom is 0.258 e. The minimum absolute atomic E-state index is 0.0178. The lowest BCUT2D eigenvalue weighted by Crippen LogP contribution is -2.28. The number of thiophene rings is 1. The van der Waals surface area contributed by atoms with E-state index in [1.165, 1.54) is 42.7 Å². The van der Waals surface area contributed by atoms with E-state index in [9.17, 15) is 14.0 Å². The lowest BCUT2D eigenvalue weighted by atomic mass is 10.2. The highest BCUT2D eigenvalue weighted by molar-refractivity contribution is 7.09. The van der Waals surface area contributed by atoms with Crippen molar-refractivity contribution in [2.24, 2.45) is 0 Å². The predicted molar refractivity (Wildman–Crippen MR) is 111 cm³/mol. The van der Waals surface area contributed by atoms with Crippen molar-refractivity contribution in [2.45, 2.75) is 6.54 Å². The summed E-state index contributed by atoms with van der Waals surface area (Å²) in [4.78, 5) is 25.6. The van der Waals surface area contributed by atoms with Crippen LogP contribution in [0.4, 0.5) is 4.39 Å². The van der Waals surface area contributed by atoms with Crippen LogP contribution in [0.3, 0.4) is 0 Å². The number of ether oxygens (including phenoxy) is 2. The molecule has 4 rings (SSSR count). The minimum Gasteiger partial charge on any atom is -0.484 e. The Hall–Kier alpha value is -3.65. The van der Waals surface area contributed by atoms with E-state index in [0.29, 0.717) is 29.0 Å². The van der Waals surface area contributed by atoms with Crippen molar-refractivity contribution in [1.82, 2.24) is 5.32 Å². The highest BCUT2D eigenvalue weighted by atomic mass is 32.1. The molecule has 0 bridgehead atoms.